The van der Waals surface area contributed by atoms with Crippen LogP contribution in [-0.4, -0.2) is 20.2 Å². The molecule has 0 saturated carbocycles. The van der Waals surface area contributed by atoms with Crippen LogP contribution in [0.5, 0.6) is 0 Å². The fraction of sp³-hybridized carbons (Fsp3) is 0.125. The number of nitrogens with zero attached hydrogens (tertiary/aromatic N) is 4. The molecule has 0 aliphatic carbocycles. The van der Waals surface area contributed by atoms with Gasteiger partial charge in [0.15, 0.2) is 0 Å². The van der Waals surface area contributed by atoms with E-state index in [1.165, 1.54) is 4.68 Å². The third kappa shape index (κ3) is 1.24. The first kappa shape index (κ1) is 7.72. The molecule has 0 atom stereocenters. The maximum absolute atomic E-state index is 5.57. The predicted molar refractivity (Wildman–Crippen MR) is 48.3 cm³/mol. The minimum absolute atomic E-state index is 0.300. The second kappa shape index (κ2) is 2.85. The van der Waals surface area contributed by atoms with Gasteiger partial charge in [0, 0.05) is 0 Å². The van der Waals surface area contributed by atoms with Crippen LogP contribution in [0.3, 0.4) is 0 Å². The van der Waals surface area contributed by atoms with Gasteiger partial charge in [-0.25, -0.2) is 0 Å². The quantitative estimate of drug-likeness (QED) is 0.687. The van der Waals surface area contributed by atoms with Crippen molar-refractivity contribution in [3.05, 3.63) is 29.8 Å². The Labute approximate surface area is 75.2 Å². The average Bonchev–Trinajstić information content (AvgIpc) is 2.52. The maximum atomic E-state index is 5.57. The molecule has 1 aromatic heterocycles. The van der Waals surface area contributed by atoms with Crippen molar-refractivity contribution in [2.75, 3.05) is 5.73 Å². The highest BCUT2D eigenvalue weighted by atomic mass is 15.6. The molecule has 0 fully saturated rings. The first-order valence-corrected chi connectivity index (χ1v) is 3.89. The van der Waals surface area contributed by atoms with Gasteiger partial charge in [0.2, 0.25) is 5.95 Å². The molecular weight excluding hydrogens is 166 g/mol. The first-order chi connectivity index (χ1) is 6.29. The molecule has 0 aliphatic heterocycles. The van der Waals surface area contributed by atoms with Crippen LogP contribution in [0, 0.1) is 6.92 Å². The fourth-order valence-corrected chi connectivity index (χ4v) is 1.17. The Bertz CT molecular complexity index is 420. The number of nitrogen functional groups attached to an aromatic ring is 1. The summed E-state index contributed by atoms with van der Waals surface area (Å²) in [7, 11) is 0. The van der Waals surface area contributed by atoms with Gasteiger partial charge < -0.3 is 5.73 Å². The number of rotatable bonds is 1. The monoisotopic (exact) mass is 175 g/mol. The number of tetrazole rings is 1. The molecular formula is C8H9N5. The Morgan fingerprint density at radius 2 is 2.08 bits per heavy atom. The third-order valence-electron chi connectivity index (χ3n) is 1.84. The van der Waals surface area contributed by atoms with Crippen molar-refractivity contribution < 1.29 is 0 Å². The molecule has 2 N–H and O–H groups in total. The highest BCUT2D eigenvalue weighted by Crippen LogP contribution is 2.13. The summed E-state index contributed by atoms with van der Waals surface area (Å²) < 4.78 is 1.51. The van der Waals surface area contributed by atoms with Crippen LogP contribution in [-0.2, 0) is 0 Å². The Hall–Kier alpha value is -1.91. The fourth-order valence-electron chi connectivity index (χ4n) is 1.17. The summed E-state index contributed by atoms with van der Waals surface area (Å²) in [4.78, 5) is 0. The van der Waals surface area contributed by atoms with E-state index in [-0.39, 0.29) is 0 Å². The number of anilines is 1. The van der Waals surface area contributed by atoms with Gasteiger partial charge >= 0.3 is 0 Å². The van der Waals surface area contributed by atoms with E-state index in [1.54, 1.807) is 0 Å². The van der Waals surface area contributed by atoms with Crippen LogP contribution < -0.4 is 5.73 Å². The van der Waals surface area contributed by atoms with Crippen LogP contribution in [0.25, 0.3) is 5.69 Å². The Morgan fingerprint density at radius 3 is 2.69 bits per heavy atom. The van der Waals surface area contributed by atoms with E-state index in [0.717, 1.165) is 11.3 Å². The predicted octanol–water partition coefficient (Wildman–Crippen LogP) is 0.553. The van der Waals surface area contributed by atoms with Gasteiger partial charge in [0.25, 0.3) is 0 Å². The minimum atomic E-state index is 0.300. The molecule has 0 bridgehead atoms. The number of nitrogens with two attached hydrogens (primary N) is 1. The van der Waals surface area contributed by atoms with E-state index in [4.69, 9.17) is 5.73 Å². The van der Waals surface area contributed by atoms with Crippen LogP contribution in [0.4, 0.5) is 5.95 Å². The molecule has 66 valence electrons. The van der Waals surface area contributed by atoms with E-state index in [9.17, 15) is 0 Å². The van der Waals surface area contributed by atoms with Crippen molar-refractivity contribution in [2.24, 2.45) is 0 Å². The van der Waals surface area contributed by atoms with E-state index < -0.39 is 0 Å². The lowest BCUT2D eigenvalue weighted by molar-refractivity contribution is 0.788. The van der Waals surface area contributed by atoms with Crippen molar-refractivity contribution >= 4 is 5.95 Å². The molecule has 0 aliphatic rings. The second-order valence-corrected chi connectivity index (χ2v) is 2.74. The summed E-state index contributed by atoms with van der Waals surface area (Å²) in [6.07, 6.45) is 0. The van der Waals surface area contributed by atoms with Crippen molar-refractivity contribution in [1.29, 1.82) is 0 Å². The first-order valence-electron chi connectivity index (χ1n) is 3.89. The summed E-state index contributed by atoms with van der Waals surface area (Å²) in [5.74, 6) is 0.300. The van der Waals surface area contributed by atoms with Crippen molar-refractivity contribution in [3.8, 4) is 5.69 Å². The minimum Gasteiger partial charge on any atom is -0.366 e. The lowest BCUT2D eigenvalue weighted by Crippen LogP contribution is -2.03. The van der Waals surface area contributed by atoms with Crippen LogP contribution in [0.1, 0.15) is 5.56 Å². The Balaban J connectivity index is 2.59. The molecule has 5 nitrogen and oxygen atoms in total. The average molecular weight is 175 g/mol. The van der Waals surface area contributed by atoms with E-state index in [2.05, 4.69) is 15.5 Å². The van der Waals surface area contributed by atoms with Crippen molar-refractivity contribution in [1.82, 2.24) is 20.2 Å². The van der Waals surface area contributed by atoms with Gasteiger partial charge in [-0.15, -0.1) is 0 Å². The standard InChI is InChI=1S/C8H9N5/c1-6-4-2-3-5-7(6)13-8(9)10-11-12-13/h2-5H,1H3,(H2,9,10,12). The molecule has 0 unspecified atom stereocenters. The summed E-state index contributed by atoms with van der Waals surface area (Å²) in [5, 5.41) is 10.9. The zero-order valence-corrected chi connectivity index (χ0v) is 7.18. The maximum Gasteiger partial charge on any atom is 0.245 e. The summed E-state index contributed by atoms with van der Waals surface area (Å²) >= 11 is 0. The Kier molecular flexibility index (Phi) is 1.70. The number of hydrogen-bond acceptors (Lipinski definition) is 4. The molecule has 2 rings (SSSR count). The van der Waals surface area contributed by atoms with E-state index in [0.29, 0.717) is 5.95 Å². The molecule has 0 amide bonds. The third-order valence-corrected chi connectivity index (χ3v) is 1.84. The van der Waals surface area contributed by atoms with Gasteiger partial charge in [-0.3, -0.25) is 0 Å². The smallest absolute Gasteiger partial charge is 0.245 e. The zero-order valence-electron chi connectivity index (χ0n) is 7.18. The molecule has 1 aromatic carbocycles. The molecule has 0 radical (unpaired) electrons. The van der Waals surface area contributed by atoms with Crippen LogP contribution >= 0.6 is 0 Å². The zero-order chi connectivity index (χ0) is 9.26. The van der Waals surface area contributed by atoms with Crippen LogP contribution in [0.15, 0.2) is 24.3 Å². The van der Waals surface area contributed by atoms with Gasteiger partial charge in [0.05, 0.1) is 5.69 Å². The van der Waals surface area contributed by atoms with E-state index in [1.807, 2.05) is 31.2 Å². The second-order valence-electron chi connectivity index (χ2n) is 2.74. The molecule has 0 spiro atoms. The summed E-state index contributed by atoms with van der Waals surface area (Å²) in [5.41, 5.74) is 7.56. The number of aryl methyl sites for hydroxylation is 1. The number of aromatic nitrogens is 4. The highest BCUT2D eigenvalue weighted by Gasteiger charge is 2.05. The van der Waals surface area contributed by atoms with Crippen molar-refractivity contribution in [2.45, 2.75) is 6.92 Å². The lowest BCUT2D eigenvalue weighted by atomic mass is 10.2. The molecule has 0 saturated heterocycles. The number of hydrogen-bond donors (Lipinski definition) is 1. The van der Waals surface area contributed by atoms with Gasteiger partial charge in [-0.2, -0.15) is 4.68 Å². The van der Waals surface area contributed by atoms with Gasteiger partial charge in [0.1, 0.15) is 0 Å². The largest absolute Gasteiger partial charge is 0.366 e. The number of para-hydroxylation sites is 1. The summed E-state index contributed by atoms with van der Waals surface area (Å²) in [6, 6.07) is 7.78. The highest BCUT2D eigenvalue weighted by molar-refractivity contribution is 5.42. The normalized spacial score (nSPS) is 10.2. The van der Waals surface area contributed by atoms with Crippen LogP contribution in [0.2, 0.25) is 0 Å². The van der Waals surface area contributed by atoms with Crippen molar-refractivity contribution in [3.63, 3.8) is 0 Å². The van der Waals surface area contributed by atoms with Gasteiger partial charge in [-0.05, 0) is 29.0 Å². The van der Waals surface area contributed by atoms with E-state index >= 15 is 0 Å². The number of benzene rings is 1. The molecule has 5 heteroatoms. The van der Waals surface area contributed by atoms with Gasteiger partial charge in [-0.1, -0.05) is 23.3 Å². The molecule has 2 aromatic rings. The molecule has 1 heterocycles. The molecule has 13 heavy (non-hydrogen) atoms. The topological polar surface area (TPSA) is 69.6 Å². The Morgan fingerprint density at radius 1 is 1.31 bits per heavy atom. The summed E-state index contributed by atoms with van der Waals surface area (Å²) in [6.45, 7) is 1.98. The lowest BCUT2D eigenvalue weighted by Gasteiger charge is -2.03. The SMILES string of the molecule is Cc1ccccc1-n1nnnc1N.